The molecule has 0 bridgehead atoms. The molecule has 2 heterocycles. The quantitative estimate of drug-likeness (QED) is 0.701. The van der Waals surface area contributed by atoms with Crippen molar-refractivity contribution in [3.63, 3.8) is 0 Å². The Balaban J connectivity index is 1.65. The molecule has 23 heavy (non-hydrogen) atoms. The van der Waals surface area contributed by atoms with Gasteiger partial charge in [0.2, 0.25) is 0 Å². The summed E-state index contributed by atoms with van der Waals surface area (Å²) in [6.07, 6.45) is 1.83. The number of halogens is 1. The van der Waals surface area contributed by atoms with E-state index in [2.05, 4.69) is 10.3 Å². The number of benzene rings is 1. The zero-order valence-corrected chi connectivity index (χ0v) is 14.2. The number of thiazole rings is 1. The molecule has 120 valence electrons. The zero-order chi connectivity index (χ0) is 16.2. The summed E-state index contributed by atoms with van der Waals surface area (Å²) in [5, 5.41) is 14.5. The Morgan fingerprint density at radius 1 is 1.26 bits per heavy atom. The van der Waals surface area contributed by atoms with E-state index in [1.54, 1.807) is 11.3 Å². The third kappa shape index (κ3) is 4.00. The van der Waals surface area contributed by atoms with E-state index in [-0.39, 0.29) is 12.6 Å². The maximum absolute atomic E-state index is 9.59. The van der Waals surface area contributed by atoms with Gasteiger partial charge in [-0.3, -0.25) is 0 Å². The number of nitrogens with zero attached hydrogens (tertiary/aromatic N) is 1. The average Bonchev–Trinajstić information content (AvgIpc) is 3.18. The molecule has 0 aliphatic rings. The van der Waals surface area contributed by atoms with Crippen LogP contribution in [-0.4, -0.2) is 16.7 Å². The van der Waals surface area contributed by atoms with Crippen LogP contribution in [0.25, 0.3) is 10.8 Å². The lowest BCUT2D eigenvalue weighted by atomic mass is 10.1. The first-order valence-electron chi connectivity index (χ1n) is 7.27. The standard InChI is InChI=1S/C17H17ClN2O2S/c1-11-2-7-16(22-11)17-20-9-14(23-17)8-19-15(10-21)12-3-5-13(18)6-4-12/h2-7,9,15,19,21H,8,10H2,1H3. The number of hydrogen-bond donors (Lipinski definition) is 2. The van der Waals surface area contributed by atoms with E-state index in [1.165, 1.54) is 0 Å². The zero-order valence-electron chi connectivity index (χ0n) is 12.6. The predicted molar refractivity (Wildman–Crippen MR) is 92.7 cm³/mol. The van der Waals surface area contributed by atoms with Gasteiger partial charge in [-0.15, -0.1) is 11.3 Å². The molecule has 1 unspecified atom stereocenters. The maximum atomic E-state index is 9.59. The first-order valence-corrected chi connectivity index (χ1v) is 8.46. The fraction of sp³-hybridized carbons (Fsp3) is 0.235. The number of aliphatic hydroxyl groups excluding tert-OH is 1. The van der Waals surface area contributed by atoms with Crippen molar-refractivity contribution in [1.82, 2.24) is 10.3 Å². The third-order valence-corrected chi connectivity index (χ3v) is 4.75. The molecule has 0 saturated heterocycles. The second kappa shape index (κ2) is 7.27. The van der Waals surface area contributed by atoms with Gasteiger partial charge in [0.25, 0.3) is 0 Å². The van der Waals surface area contributed by atoms with Crippen LogP contribution in [0.4, 0.5) is 0 Å². The maximum Gasteiger partial charge on any atom is 0.162 e. The van der Waals surface area contributed by atoms with Crippen LogP contribution >= 0.6 is 22.9 Å². The Labute approximate surface area is 143 Å². The van der Waals surface area contributed by atoms with Crippen LogP contribution in [-0.2, 0) is 6.54 Å². The van der Waals surface area contributed by atoms with Gasteiger partial charge in [-0.2, -0.15) is 0 Å². The van der Waals surface area contributed by atoms with Gasteiger partial charge < -0.3 is 14.8 Å². The molecular weight excluding hydrogens is 332 g/mol. The normalized spacial score (nSPS) is 12.5. The van der Waals surface area contributed by atoms with Crippen molar-refractivity contribution in [3.8, 4) is 10.8 Å². The second-order valence-electron chi connectivity index (χ2n) is 5.21. The van der Waals surface area contributed by atoms with E-state index >= 15 is 0 Å². The van der Waals surface area contributed by atoms with Crippen LogP contribution in [0, 0.1) is 6.92 Å². The second-order valence-corrected chi connectivity index (χ2v) is 6.76. The van der Waals surface area contributed by atoms with Gasteiger partial charge in [0.05, 0.1) is 12.6 Å². The Morgan fingerprint density at radius 3 is 2.70 bits per heavy atom. The summed E-state index contributed by atoms with van der Waals surface area (Å²) in [5.74, 6) is 1.66. The van der Waals surface area contributed by atoms with Crippen LogP contribution in [0.15, 0.2) is 47.0 Å². The molecule has 0 spiro atoms. The van der Waals surface area contributed by atoms with Gasteiger partial charge >= 0.3 is 0 Å². The molecule has 1 atom stereocenters. The van der Waals surface area contributed by atoms with E-state index in [1.807, 2.05) is 49.5 Å². The summed E-state index contributed by atoms with van der Waals surface area (Å²) in [7, 11) is 0. The number of aromatic nitrogens is 1. The van der Waals surface area contributed by atoms with Crippen LogP contribution < -0.4 is 5.32 Å². The first-order chi connectivity index (χ1) is 11.2. The van der Waals surface area contributed by atoms with Gasteiger partial charge in [0.15, 0.2) is 10.8 Å². The smallest absolute Gasteiger partial charge is 0.162 e. The molecule has 4 nitrogen and oxygen atoms in total. The molecule has 0 aliphatic carbocycles. The van der Waals surface area contributed by atoms with Crippen LogP contribution in [0.3, 0.4) is 0 Å². The number of hydrogen-bond acceptors (Lipinski definition) is 5. The van der Waals surface area contributed by atoms with E-state index in [0.717, 1.165) is 27.0 Å². The van der Waals surface area contributed by atoms with Crippen LogP contribution in [0.1, 0.15) is 22.2 Å². The molecule has 0 aliphatic heterocycles. The third-order valence-electron chi connectivity index (χ3n) is 3.48. The Hall–Kier alpha value is -1.66. The molecule has 2 N–H and O–H groups in total. The monoisotopic (exact) mass is 348 g/mol. The number of aliphatic hydroxyl groups is 1. The van der Waals surface area contributed by atoms with E-state index < -0.39 is 0 Å². The van der Waals surface area contributed by atoms with E-state index in [4.69, 9.17) is 16.0 Å². The lowest BCUT2D eigenvalue weighted by Crippen LogP contribution is -2.23. The summed E-state index contributed by atoms with van der Waals surface area (Å²) < 4.78 is 5.59. The van der Waals surface area contributed by atoms with Crippen molar-refractivity contribution < 1.29 is 9.52 Å². The fourth-order valence-electron chi connectivity index (χ4n) is 2.26. The van der Waals surface area contributed by atoms with Crippen LogP contribution in [0.2, 0.25) is 5.02 Å². The van der Waals surface area contributed by atoms with Crippen LogP contribution in [0.5, 0.6) is 0 Å². The molecule has 6 heteroatoms. The minimum atomic E-state index is -0.135. The van der Waals surface area contributed by atoms with Gasteiger partial charge in [-0.25, -0.2) is 4.98 Å². The summed E-state index contributed by atoms with van der Waals surface area (Å²) >= 11 is 7.48. The Morgan fingerprint density at radius 2 is 2.04 bits per heavy atom. The Kier molecular flexibility index (Phi) is 5.13. The molecule has 0 fully saturated rings. The van der Waals surface area contributed by atoms with Gasteiger partial charge in [0.1, 0.15) is 5.76 Å². The fourth-order valence-corrected chi connectivity index (χ4v) is 3.21. The molecule has 3 rings (SSSR count). The van der Waals surface area contributed by atoms with Crippen molar-refractivity contribution >= 4 is 22.9 Å². The van der Waals surface area contributed by atoms with Gasteiger partial charge in [0, 0.05) is 22.6 Å². The van der Waals surface area contributed by atoms with E-state index in [0.29, 0.717) is 11.6 Å². The molecule has 3 aromatic rings. The largest absolute Gasteiger partial charge is 0.459 e. The van der Waals surface area contributed by atoms with Crippen molar-refractivity contribution in [2.24, 2.45) is 0 Å². The summed E-state index contributed by atoms with van der Waals surface area (Å²) in [6.45, 7) is 2.56. The van der Waals surface area contributed by atoms with Gasteiger partial charge in [-0.05, 0) is 36.8 Å². The Bertz CT molecular complexity index is 767. The summed E-state index contributed by atoms with van der Waals surface area (Å²) in [4.78, 5) is 5.48. The molecule has 0 amide bonds. The van der Waals surface area contributed by atoms with Crippen molar-refractivity contribution in [3.05, 3.63) is 63.8 Å². The molecular formula is C17H17ClN2O2S. The molecule has 1 aromatic carbocycles. The number of nitrogens with one attached hydrogen (secondary N) is 1. The topological polar surface area (TPSA) is 58.3 Å². The lowest BCUT2D eigenvalue weighted by molar-refractivity contribution is 0.244. The highest BCUT2D eigenvalue weighted by Gasteiger charge is 2.12. The number of furan rings is 1. The van der Waals surface area contributed by atoms with E-state index in [9.17, 15) is 5.11 Å². The van der Waals surface area contributed by atoms with Gasteiger partial charge in [-0.1, -0.05) is 23.7 Å². The number of rotatable bonds is 6. The van der Waals surface area contributed by atoms with Crippen molar-refractivity contribution in [1.29, 1.82) is 0 Å². The highest BCUT2D eigenvalue weighted by atomic mass is 35.5. The molecule has 2 aromatic heterocycles. The SMILES string of the molecule is Cc1ccc(-c2ncc(CNC(CO)c3ccc(Cl)cc3)s2)o1. The number of aryl methyl sites for hydroxylation is 1. The highest BCUT2D eigenvalue weighted by molar-refractivity contribution is 7.14. The van der Waals surface area contributed by atoms with Crippen molar-refractivity contribution in [2.45, 2.75) is 19.5 Å². The minimum Gasteiger partial charge on any atom is -0.459 e. The minimum absolute atomic E-state index is 0.0185. The summed E-state index contributed by atoms with van der Waals surface area (Å²) in [6, 6.07) is 11.2. The lowest BCUT2D eigenvalue weighted by Gasteiger charge is -2.16. The first kappa shape index (κ1) is 16.2. The highest BCUT2D eigenvalue weighted by Crippen LogP contribution is 2.27. The van der Waals surface area contributed by atoms with Crippen molar-refractivity contribution in [2.75, 3.05) is 6.61 Å². The predicted octanol–water partition coefficient (Wildman–Crippen LogP) is 4.19. The summed E-state index contributed by atoms with van der Waals surface area (Å²) in [5.41, 5.74) is 1.00. The molecule has 0 saturated carbocycles. The molecule has 0 radical (unpaired) electrons. The average molecular weight is 349 g/mol.